The van der Waals surface area contributed by atoms with E-state index in [0.29, 0.717) is 19.8 Å². The van der Waals surface area contributed by atoms with Crippen LogP contribution in [0, 0.1) is 13.8 Å². The van der Waals surface area contributed by atoms with Gasteiger partial charge in [0.25, 0.3) is 0 Å². The summed E-state index contributed by atoms with van der Waals surface area (Å²) in [7, 11) is -2.59. The molecule has 0 unspecified atom stereocenters. The van der Waals surface area contributed by atoms with Crippen molar-refractivity contribution in [1.82, 2.24) is 0 Å². The Hall–Kier alpha value is -0.333. The van der Waals surface area contributed by atoms with Crippen LogP contribution >= 0.6 is 13.5 Å². The summed E-state index contributed by atoms with van der Waals surface area (Å²) in [6.45, 7) is 12.1. The normalized spacial score (nSPS) is 11.2. The van der Waals surface area contributed by atoms with E-state index >= 15 is 0 Å². The smallest absolute Gasteiger partial charge is 0.374 e. The highest BCUT2D eigenvalue weighted by Gasteiger charge is 2.41. The molecule has 0 saturated carbocycles. The molecule has 0 aliphatic rings. The van der Waals surface area contributed by atoms with E-state index < -0.39 is 8.80 Å². The number of hydrogen-bond acceptors (Lipinski definition) is 3. The van der Waals surface area contributed by atoms with E-state index in [0.717, 1.165) is 6.04 Å². The van der Waals surface area contributed by atoms with E-state index in [9.17, 15) is 0 Å². The van der Waals surface area contributed by atoms with Gasteiger partial charge in [-0.15, -0.1) is 0 Å². The number of hydrogen-bond donors (Lipinski definition) is 0. The molecule has 0 bridgehead atoms. The molecule has 0 aliphatic carbocycles. The Morgan fingerprint density at radius 2 is 1.40 bits per heavy atom. The topological polar surface area (TPSA) is 27.7 Å². The molecular weight excluding hydrogens is 288 g/mol. The highest BCUT2D eigenvalue weighted by Crippen LogP contribution is 2.21. The van der Waals surface area contributed by atoms with Crippen LogP contribution in [-0.4, -0.2) is 28.6 Å². The molecular formula is C15H28O3SSi. The van der Waals surface area contributed by atoms with Gasteiger partial charge in [-0.1, -0.05) is 18.2 Å². The van der Waals surface area contributed by atoms with Crippen LogP contribution in [0.15, 0.2) is 18.2 Å². The summed E-state index contributed by atoms with van der Waals surface area (Å²) in [5, 5.41) is 0. The fourth-order valence-corrected chi connectivity index (χ4v) is 4.90. The molecule has 0 fully saturated rings. The average molecular weight is 317 g/mol. The second-order valence-electron chi connectivity index (χ2n) is 4.52. The Balaban J connectivity index is 0.00000361. The van der Waals surface area contributed by atoms with Crippen molar-refractivity contribution in [2.24, 2.45) is 0 Å². The van der Waals surface area contributed by atoms with E-state index in [1.54, 1.807) is 0 Å². The van der Waals surface area contributed by atoms with Gasteiger partial charge in [0.05, 0.1) is 0 Å². The molecule has 1 rings (SSSR count). The molecule has 1 aromatic rings. The number of aryl methyl sites for hydroxylation is 1. The number of rotatable bonds is 8. The molecule has 0 aromatic heterocycles. The van der Waals surface area contributed by atoms with E-state index in [-0.39, 0.29) is 13.5 Å². The van der Waals surface area contributed by atoms with Gasteiger partial charge < -0.3 is 13.3 Å². The minimum absolute atomic E-state index is 0. The fraction of sp³-hybridized carbons (Fsp3) is 0.600. The van der Waals surface area contributed by atoms with Gasteiger partial charge in [0, 0.05) is 25.9 Å². The van der Waals surface area contributed by atoms with Crippen molar-refractivity contribution in [3.63, 3.8) is 0 Å². The molecule has 0 aliphatic heterocycles. The van der Waals surface area contributed by atoms with Crippen molar-refractivity contribution in [3.05, 3.63) is 34.9 Å². The van der Waals surface area contributed by atoms with Crippen LogP contribution in [0.3, 0.4) is 0 Å². The third kappa shape index (κ3) is 5.22. The summed E-state index contributed by atoms with van der Waals surface area (Å²) in [4.78, 5) is 0. The first-order valence-corrected chi connectivity index (χ1v) is 8.98. The van der Waals surface area contributed by atoms with Crippen LogP contribution in [0.4, 0.5) is 0 Å². The van der Waals surface area contributed by atoms with Gasteiger partial charge in [-0.3, -0.25) is 0 Å². The summed E-state index contributed by atoms with van der Waals surface area (Å²) in [6.07, 6.45) is 0. The third-order valence-electron chi connectivity index (χ3n) is 3.22. The Labute approximate surface area is 131 Å². The zero-order valence-corrected chi connectivity index (χ0v) is 15.3. The summed E-state index contributed by atoms with van der Waals surface area (Å²) < 4.78 is 17.7. The summed E-state index contributed by atoms with van der Waals surface area (Å²) in [6, 6.07) is 7.10. The first-order chi connectivity index (χ1) is 9.08. The van der Waals surface area contributed by atoms with Crippen LogP contribution in [0.5, 0.6) is 0 Å². The monoisotopic (exact) mass is 316 g/mol. The van der Waals surface area contributed by atoms with Crippen LogP contribution < -0.4 is 0 Å². The highest BCUT2D eigenvalue weighted by atomic mass is 32.1. The largest absolute Gasteiger partial charge is 0.505 e. The summed E-state index contributed by atoms with van der Waals surface area (Å²) in [5.74, 6) is 0. The molecule has 1 aromatic carbocycles. The van der Waals surface area contributed by atoms with Crippen molar-refractivity contribution in [1.29, 1.82) is 0 Å². The molecule has 116 valence electrons. The first-order valence-electron chi connectivity index (χ1n) is 7.05. The van der Waals surface area contributed by atoms with Gasteiger partial charge in [-0.2, -0.15) is 13.5 Å². The predicted octanol–water partition coefficient (Wildman–Crippen LogP) is 3.55. The minimum Gasteiger partial charge on any atom is -0.374 e. The van der Waals surface area contributed by atoms with Gasteiger partial charge in [0.1, 0.15) is 0 Å². The lowest BCUT2D eigenvalue weighted by atomic mass is 10.1. The van der Waals surface area contributed by atoms with Gasteiger partial charge >= 0.3 is 8.80 Å². The minimum atomic E-state index is -2.59. The van der Waals surface area contributed by atoms with Gasteiger partial charge in [-0.05, 0) is 51.3 Å². The van der Waals surface area contributed by atoms with Gasteiger partial charge in [0.2, 0.25) is 0 Å². The molecule has 3 nitrogen and oxygen atoms in total. The lowest BCUT2D eigenvalue weighted by Crippen LogP contribution is -2.48. The van der Waals surface area contributed by atoms with Crippen molar-refractivity contribution < 1.29 is 13.3 Å². The number of benzene rings is 1. The zero-order valence-electron chi connectivity index (χ0n) is 13.3. The SMILES string of the molecule is CCO[Si](Cc1cccc(C)c1C)(OCC)OCC.S. The lowest BCUT2D eigenvalue weighted by Gasteiger charge is -2.29. The molecule has 0 heterocycles. The maximum absolute atomic E-state index is 5.90. The van der Waals surface area contributed by atoms with Crippen molar-refractivity contribution in [2.45, 2.75) is 40.7 Å². The second-order valence-corrected chi connectivity index (χ2v) is 7.10. The maximum atomic E-state index is 5.90. The van der Waals surface area contributed by atoms with Gasteiger partial charge in [-0.25, -0.2) is 0 Å². The first kappa shape index (κ1) is 19.7. The molecule has 0 radical (unpaired) electrons. The zero-order chi connectivity index (χ0) is 14.3. The van der Waals surface area contributed by atoms with Crippen LogP contribution in [0.25, 0.3) is 0 Å². The van der Waals surface area contributed by atoms with Crippen molar-refractivity contribution in [2.75, 3.05) is 19.8 Å². The summed E-state index contributed by atoms with van der Waals surface area (Å²) in [5.41, 5.74) is 3.87. The Morgan fingerprint density at radius 1 is 0.900 bits per heavy atom. The predicted molar refractivity (Wildman–Crippen MR) is 90.6 cm³/mol. The molecule has 5 heteroatoms. The van der Waals surface area contributed by atoms with Gasteiger partial charge in [0.15, 0.2) is 0 Å². The van der Waals surface area contributed by atoms with E-state index in [4.69, 9.17) is 13.3 Å². The molecule has 0 spiro atoms. The Bertz CT molecular complexity index is 382. The Morgan fingerprint density at radius 3 is 1.85 bits per heavy atom. The van der Waals surface area contributed by atoms with Crippen LogP contribution in [0.1, 0.15) is 37.5 Å². The lowest BCUT2D eigenvalue weighted by molar-refractivity contribution is 0.0703. The summed E-state index contributed by atoms with van der Waals surface area (Å²) >= 11 is 0. The van der Waals surface area contributed by atoms with E-state index in [1.807, 2.05) is 20.8 Å². The molecule has 0 saturated heterocycles. The molecule has 0 N–H and O–H groups in total. The molecule has 0 atom stereocenters. The van der Waals surface area contributed by atoms with Crippen LogP contribution in [-0.2, 0) is 19.3 Å². The quantitative estimate of drug-likeness (QED) is 0.687. The van der Waals surface area contributed by atoms with E-state index in [2.05, 4.69) is 32.0 Å². The molecule has 20 heavy (non-hydrogen) atoms. The third-order valence-corrected chi connectivity index (χ3v) is 6.22. The Kier molecular flexibility index (Phi) is 9.42. The fourth-order valence-electron chi connectivity index (χ4n) is 2.17. The maximum Gasteiger partial charge on any atom is 0.505 e. The van der Waals surface area contributed by atoms with E-state index in [1.165, 1.54) is 16.7 Å². The average Bonchev–Trinajstić information content (AvgIpc) is 2.36. The standard InChI is InChI=1S/C15H26O3Si.H2S/c1-6-16-19(17-7-2,18-8-3)12-15-11-9-10-13(4)14(15)5;/h9-11H,6-8,12H2,1-5H3;1H2. The highest BCUT2D eigenvalue weighted by molar-refractivity contribution is 7.59. The second kappa shape index (κ2) is 9.58. The molecule has 0 amide bonds. The van der Waals surface area contributed by atoms with Crippen molar-refractivity contribution in [3.8, 4) is 0 Å². The van der Waals surface area contributed by atoms with Crippen molar-refractivity contribution >= 4 is 22.3 Å². The van der Waals surface area contributed by atoms with Crippen LogP contribution in [0.2, 0.25) is 0 Å².